The lowest BCUT2D eigenvalue weighted by Crippen LogP contribution is -2.31. The van der Waals surface area contributed by atoms with E-state index in [1.165, 1.54) is 37.7 Å². The van der Waals surface area contributed by atoms with Gasteiger partial charge in [-0.15, -0.1) is 35.3 Å². The second kappa shape index (κ2) is 16.2. The molecule has 46 heavy (non-hydrogen) atoms. The summed E-state index contributed by atoms with van der Waals surface area (Å²) in [5.41, 5.74) is 16.7. The predicted octanol–water partition coefficient (Wildman–Crippen LogP) is 9.75. The average Bonchev–Trinajstić information content (AvgIpc) is 3.08. The van der Waals surface area contributed by atoms with Crippen LogP contribution in [0.5, 0.6) is 0 Å². The fourth-order valence-corrected chi connectivity index (χ4v) is 8.63. The van der Waals surface area contributed by atoms with Crippen molar-refractivity contribution in [1.82, 2.24) is 4.90 Å². The summed E-state index contributed by atoms with van der Waals surface area (Å²) < 4.78 is 0. The molecule has 0 amide bonds. The van der Waals surface area contributed by atoms with Crippen LogP contribution in [0.15, 0.2) is 142 Å². The number of thioether (sulfide) groups is 3. The Morgan fingerprint density at radius 3 is 1.48 bits per heavy atom. The summed E-state index contributed by atoms with van der Waals surface area (Å²) in [5.74, 6) is 2.99. The van der Waals surface area contributed by atoms with E-state index in [4.69, 9.17) is 11.5 Å². The molecule has 0 aliphatic carbocycles. The van der Waals surface area contributed by atoms with E-state index in [1.807, 2.05) is 59.6 Å². The van der Waals surface area contributed by atoms with Gasteiger partial charge in [-0.25, -0.2) is 0 Å². The molecule has 0 aliphatic rings. The van der Waals surface area contributed by atoms with Crippen LogP contribution in [0.4, 0.5) is 17.1 Å². The molecule has 7 heteroatoms. The first-order chi connectivity index (χ1) is 22.7. The molecule has 0 unspecified atom stereocenters. The van der Waals surface area contributed by atoms with Crippen LogP contribution in [0, 0.1) is 0 Å². The van der Waals surface area contributed by atoms with Gasteiger partial charge in [0.2, 0.25) is 0 Å². The highest BCUT2D eigenvalue weighted by Gasteiger charge is 2.11. The van der Waals surface area contributed by atoms with Gasteiger partial charge >= 0.3 is 0 Å². The number of nitrogens with two attached hydrogens (primary N) is 2. The van der Waals surface area contributed by atoms with E-state index in [2.05, 4.69) is 113 Å². The molecule has 0 radical (unpaired) electrons. The number of benzene rings is 6. The molecule has 0 aliphatic heterocycles. The lowest BCUT2D eigenvalue weighted by atomic mass is 9.97. The number of hydrogen-bond acceptors (Lipinski definition) is 7. The van der Waals surface area contributed by atoms with Gasteiger partial charge in [-0.1, -0.05) is 84.9 Å². The van der Waals surface area contributed by atoms with Crippen molar-refractivity contribution in [2.24, 2.45) is 0 Å². The topological polar surface area (TPSA) is 67.3 Å². The van der Waals surface area contributed by atoms with Crippen molar-refractivity contribution in [2.45, 2.75) is 21.2 Å². The summed E-state index contributed by atoms with van der Waals surface area (Å²) >= 11 is 5.60. The fourth-order valence-electron chi connectivity index (χ4n) is 5.63. The Hall–Kier alpha value is -3.75. The van der Waals surface area contributed by atoms with E-state index < -0.39 is 0 Å². The van der Waals surface area contributed by atoms with Gasteiger partial charge in [0.15, 0.2) is 0 Å². The standard InChI is InChI=1S/C39H40N4S3/c40-34-15-5-8-18-37(34)44-24-21-43(22-25-45-38-19-9-6-16-35(38)41)23-26-46-39-20-10-7-17-36(39)42-28-33-31-13-3-1-11-29(31)27-30-12-2-4-14-32(30)33/h1-20,27,42H,21-26,28,40-41H2. The minimum absolute atomic E-state index is 0.769. The van der Waals surface area contributed by atoms with Crippen molar-refractivity contribution in [3.63, 3.8) is 0 Å². The van der Waals surface area contributed by atoms with E-state index in [1.54, 1.807) is 0 Å². The lowest BCUT2D eigenvalue weighted by molar-refractivity contribution is 0.329. The molecule has 234 valence electrons. The Morgan fingerprint density at radius 1 is 0.500 bits per heavy atom. The SMILES string of the molecule is Nc1ccccc1SCCN(CCSc1ccccc1N)CCSc1ccccc1NCc1c2ccccc2cc2ccccc12. The Kier molecular flexibility index (Phi) is 11.3. The molecule has 0 atom stereocenters. The molecule has 0 saturated carbocycles. The van der Waals surface area contributed by atoms with Gasteiger partial charge in [0.1, 0.15) is 0 Å². The zero-order chi connectivity index (χ0) is 31.6. The second-order valence-electron chi connectivity index (χ2n) is 11.1. The highest BCUT2D eigenvalue weighted by Crippen LogP contribution is 2.32. The molecule has 0 heterocycles. The molecule has 6 aromatic rings. The molecule has 6 aromatic carbocycles. The van der Waals surface area contributed by atoms with Gasteiger partial charge in [-0.05, 0) is 69.6 Å². The number of anilines is 3. The first-order valence-electron chi connectivity index (χ1n) is 15.7. The summed E-state index contributed by atoms with van der Waals surface area (Å²) in [7, 11) is 0. The summed E-state index contributed by atoms with van der Waals surface area (Å²) in [4.78, 5) is 6.16. The van der Waals surface area contributed by atoms with Gasteiger partial charge in [0.25, 0.3) is 0 Å². The maximum atomic E-state index is 6.21. The molecule has 0 aromatic heterocycles. The normalized spacial score (nSPS) is 11.4. The monoisotopic (exact) mass is 660 g/mol. The van der Waals surface area contributed by atoms with Crippen molar-refractivity contribution in [3.8, 4) is 0 Å². The van der Waals surface area contributed by atoms with Crippen molar-refractivity contribution in [1.29, 1.82) is 0 Å². The van der Waals surface area contributed by atoms with E-state index in [0.29, 0.717) is 0 Å². The fraction of sp³-hybridized carbons (Fsp3) is 0.179. The summed E-state index contributed by atoms with van der Waals surface area (Å²) in [6.07, 6.45) is 0. The van der Waals surface area contributed by atoms with E-state index >= 15 is 0 Å². The summed E-state index contributed by atoms with van der Waals surface area (Å²) in [6, 6.07) is 44.7. The number of rotatable bonds is 15. The first kappa shape index (κ1) is 32.2. The van der Waals surface area contributed by atoms with Crippen LogP contribution in [0.3, 0.4) is 0 Å². The third kappa shape index (κ3) is 8.34. The highest BCUT2D eigenvalue weighted by atomic mass is 32.2. The summed E-state index contributed by atoms with van der Waals surface area (Å²) in [5, 5.41) is 8.97. The van der Waals surface area contributed by atoms with Crippen molar-refractivity contribution in [2.75, 3.05) is 53.7 Å². The largest absolute Gasteiger partial charge is 0.398 e. The quantitative estimate of drug-likeness (QED) is 0.0576. The van der Waals surface area contributed by atoms with Crippen LogP contribution < -0.4 is 16.8 Å². The van der Waals surface area contributed by atoms with Gasteiger partial charge < -0.3 is 21.7 Å². The van der Waals surface area contributed by atoms with Crippen molar-refractivity contribution < 1.29 is 0 Å². The van der Waals surface area contributed by atoms with Gasteiger partial charge in [-0.2, -0.15) is 0 Å². The highest BCUT2D eigenvalue weighted by molar-refractivity contribution is 8.00. The van der Waals surface area contributed by atoms with Crippen LogP contribution in [0.1, 0.15) is 5.56 Å². The number of nitrogens with one attached hydrogen (secondary N) is 1. The van der Waals surface area contributed by atoms with Crippen LogP contribution in [-0.2, 0) is 6.54 Å². The molecule has 0 saturated heterocycles. The van der Waals surface area contributed by atoms with E-state index in [9.17, 15) is 0 Å². The number of para-hydroxylation sites is 3. The van der Waals surface area contributed by atoms with Gasteiger partial charge in [0, 0.05) is 75.2 Å². The smallest absolute Gasteiger partial charge is 0.0481 e. The molecule has 0 fully saturated rings. The van der Waals surface area contributed by atoms with E-state index in [0.717, 1.165) is 64.6 Å². The Bertz CT molecular complexity index is 1790. The number of fused-ring (bicyclic) bond motifs is 2. The Balaban J connectivity index is 1.10. The predicted molar refractivity (Wildman–Crippen MR) is 206 cm³/mol. The van der Waals surface area contributed by atoms with Crippen molar-refractivity contribution in [3.05, 3.63) is 133 Å². The molecular formula is C39H40N4S3. The molecule has 0 bridgehead atoms. The molecule has 4 nitrogen and oxygen atoms in total. The summed E-state index contributed by atoms with van der Waals surface area (Å²) in [6.45, 7) is 3.77. The van der Waals surface area contributed by atoms with Crippen LogP contribution in [-0.4, -0.2) is 41.8 Å². The van der Waals surface area contributed by atoms with Gasteiger partial charge in [-0.3, -0.25) is 0 Å². The Morgan fingerprint density at radius 2 is 0.935 bits per heavy atom. The van der Waals surface area contributed by atoms with Gasteiger partial charge in [0.05, 0.1) is 0 Å². The molecule has 6 rings (SSSR count). The third-order valence-electron chi connectivity index (χ3n) is 8.06. The molecule has 5 N–H and O–H groups in total. The zero-order valence-corrected chi connectivity index (χ0v) is 28.4. The maximum absolute atomic E-state index is 6.21. The minimum atomic E-state index is 0.769. The number of nitrogen functional groups attached to an aromatic ring is 2. The molecule has 0 spiro atoms. The number of nitrogens with zero attached hydrogens (tertiary/aromatic N) is 1. The van der Waals surface area contributed by atoms with Crippen LogP contribution in [0.25, 0.3) is 21.5 Å². The molecular weight excluding hydrogens is 621 g/mol. The number of hydrogen-bond donors (Lipinski definition) is 3. The first-order valence-corrected chi connectivity index (χ1v) is 18.6. The van der Waals surface area contributed by atoms with Crippen molar-refractivity contribution >= 4 is 73.9 Å². The third-order valence-corrected chi connectivity index (χ3v) is 11.3. The van der Waals surface area contributed by atoms with E-state index in [-0.39, 0.29) is 0 Å². The Labute approximate surface area is 285 Å². The zero-order valence-electron chi connectivity index (χ0n) is 25.9. The lowest BCUT2D eigenvalue weighted by Gasteiger charge is -2.22. The maximum Gasteiger partial charge on any atom is 0.0481 e. The second-order valence-corrected chi connectivity index (χ2v) is 14.5. The van der Waals surface area contributed by atoms with Crippen LogP contribution in [0.2, 0.25) is 0 Å². The minimum Gasteiger partial charge on any atom is -0.398 e. The van der Waals surface area contributed by atoms with Crippen LogP contribution >= 0.6 is 35.3 Å². The average molecular weight is 661 g/mol.